The number of carbonyl (C=O) groups excluding carboxylic acids is 1. The predicted octanol–water partition coefficient (Wildman–Crippen LogP) is 2.94. The van der Waals surface area contributed by atoms with Gasteiger partial charge in [-0.3, -0.25) is 9.69 Å². The molecule has 3 heterocycles. The van der Waals surface area contributed by atoms with Gasteiger partial charge in [0, 0.05) is 24.7 Å². The molecule has 1 aliphatic carbocycles. The summed E-state index contributed by atoms with van der Waals surface area (Å²) in [5, 5.41) is 0. The van der Waals surface area contributed by atoms with Gasteiger partial charge in [0.2, 0.25) is 5.91 Å². The minimum atomic E-state index is -0.147. The minimum absolute atomic E-state index is 0.147. The van der Waals surface area contributed by atoms with Crippen molar-refractivity contribution < 1.29 is 4.79 Å². The lowest BCUT2D eigenvalue weighted by Crippen LogP contribution is -2.44. The summed E-state index contributed by atoms with van der Waals surface area (Å²) in [6.07, 6.45) is 7.84. The molecule has 5 heteroatoms. The number of hydrogen-bond donors (Lipinski definition) is 0. The Hall–Kier alpha value is -2.14. The molecule has 1 atom stereocenters. The van der Waals surface area contributed by atoms with Gasteiger partial charge in [0.15, 0.2) is 0 Å². The van der Waals surface area contributed by atoms with Crippen LogP contribution in [0.15, 0.2) is 36.7 Å². The number of aromatic nitrogens is 2. The van der Waals surface area contributed by atoms with E-state index in [9.17, 15) is 4.79 Å². The first-order valence-corrected chi connectivity index (χ1v) is 9.93. The Morgan fingerprint density at radius 3 is 2.58 bits per heavy atom. The Bertz CT molecular complexity index is 790. The van der Waals surface area contributed by atoms with E-state index < -0.39 is 0 Å². The zero-order valence-corrected chi connectivity index (χ0v) is 15.2. The molecule has 1 amide bonds. The molecule has 2 aromatic rings. The zero-order valence-electron chi connectivity index (χ0n) is 15.2. The quantitative estimate of drug-likeness (QED) is 0.851. The van der Waals surface area contributed by atoms with Crippen molar-refractivity contribution in [2.75, 3.05) is 19.6 Å². The molecular formula is C21H26N4O. The molecule has 5 nitrogen and oxygen atoms in total. The lowest BCUT2D eigenvalue weighted by atomic mass is 10.0. The number of fused-ring (bicyclic) bond motifs is 1. The highest BCUT2D eigenvalue weighted by Gasteiger charge is 2.36. The second-order valence-electron chi connectivity index (χ2n) is 7.84. The van der Waals surface area contributed by atoms with E-state index in [0.29, 0.717) is 12.6 Å². The summed E-state index contributed by atoms with van der Waals surface area (Å²) >= 11 is 0. The fourth-order valence-corrected chi connectivity index (χ4v) is 4.50. The van der Waals surface area contributed by atoms with Gasteiger partial charge in [-0.05, 0) is 44.3 Å². The largest absolute Gasteiger partial charge is 0.335 e. The summed E-state index contributed by atoms with van der Waals surface area (Å²) in [6, 6.07) is 10.8. The van der Waals surface area contributed by atoms with Gasteiger partial charge >= 0.3 is 0 Å². The van der Waals surface area contributed by atoms with E-state index in [1.54, 1.807) is 0 Å². The average molecular weight is 350 g/mol. The van der Waals surface area contributed by atoms with E-state index in [1.165, 1.54) is 31.4 Å². The summed E-state index contributed by atoms with van der Waals surface area (Å²) in [6.45, 7) is 3.49. The highest BCUT2D eigenvalue weighted by Crippen LogP contribution is 2.37. The van der Waals surface area contributed by atoms with Crippen LogP contribution in [0.2, 0.25) is 0 Å². The highest BCUT2D eigenvalue weighted by molar-refractivity contribution is 5.83. The monoisotopic (exact) mass is 350 g/mol. The molecule has 1 aromatic heterocycles. The van der Waals surface area contributed by atoms with Gasteiger partial charge in [-0.15, -0.1) is 0 Å². The molecular weight excluding hydrogens is 324 g/mol. The minimum Gasteiger partial charge on any atom is -0.335 e. The van der Waals surface area contributed by atoms with Gasteiger partial charge in [-0.25, -0.2) is 4.98 Å². The topological polar surface area (TPSA) is 41.4 Å². The van der Waals surface area contributed by atoms with Gasteiger partial charge in [-0.1, -0.05) is 30.3 Å². The SMILES string of the molecule is O=C([C@@H](c1ccccc1)N1CCCC1)N1CCc2c(ncn2C2CC2)C1. The maximum absolute atomic E-state index is 13.5. The third-order valence-corrected chi connectivity index (χ3v) is 6.05. The van der Waals surface area contributed by atoms with Crippen LogP contribution in [0.1, 0.15) is 54.7 Å². The summed E-state index contributed by atoms with van der Waals surface area (Å²) in [5.41, 5.74) is 3.58. The lowest BCUT2D eigenvalue weighted by Gasteiger charge is -2.34. The van der Waals surface area contributed by atoms with Crippen LogP contribution in [0.4, 0.5) is 0 Å². The molecule has 2 aliphatic heterocycles. The van der Waals surface area contributed by atoms with Gasteiger partial charge < -0.3 is 9.47 Å². The van der Waals surface area contributed by atoms with Crippen molar-refractivity contribution in [2.24, 2.45) is 0 Å². The number of rotatable bonds is 4. The number of hydrogen-bond acceptors (Lipinski definition) is 3. The predicted molar refractivity (Wildman–Crippen MR) is 99.6 cm³/mol. The normalized spacial score (nSPS) is 21.6. The van der Waals surface area contributed by atoms with Gasteiger partial charge in [0.05, 0.1) is 18.6 Å². The summed E-state index contributed by atoms with van der Waals surface area (Å²) in [5.74, 6) is 0.240. The summed E-state index contributed by atoms with van der Waals surface area (Å²) in [7, 11) is 0. The molecule has 1 saturated heterocycles. The maximum atomic E-state index is 13.5. The van der Waals surface area contributed by atoms with E-state index >= 15 is 0 Å². The van der Waals surface area contributed by atoms with Gasteiger partial charge in [0.1, 0.15) is 6.04 Å². The molecule has 5 rings (SSSR count). The van der Waals surface area contributed by atoms with Crippen molar-refractivity contribution in [2.45, 2.75) is 50.7 Å². The van der Waals surface area contributed by atoms with Gasteiger partial charge in [-0.2, -0.15) is 0 Å². The van der Waals surface area contributed by atoms with E-state index in [2.05, 4.69) is 26.6 Å². The standard InChI is InChI=1S/C21H26N4O/c26-21(20(23-11-4-5-12-23)16-6-2-1-3-7-16)24-13-10-19-18(14-24)22-15-25(19)17-8-9-17/h1-3,6-7,15,17,20H,4-5,8-14H2/t20-/m1/s1. The molecule has 136 valence electrons. The number of nitrogens with zero attached hydrogens (tertiary/aromatic N) is 4. The van der Waals surface area contributed by atoms with E-state index in [4.69, 9.17) is 0 Å². The Balaban J connectivity index is 1.39. The zero-order chi connectivity index (χ0) is 17.5. The van der Waals surface area contributed by atoms with Crippen LogP contribution in [-0.2, 0) is 17.8 Å². The maximum Gasteiger partial charge on any atom is 0.244 e. The van der Waals surface area contributed by atoms with Crippen molar-refractivity contribution in [1.29, 1.82) is 0 Å². The fourth-order valence-electron chi connectivity index (χ4n) is 4.50. The highest BCUT2D eigenvalue weighted by atomic mass is 16.2. The van der Waals surface area contributed by atoms with Crippen LogP contribution >= 0.6 is 0 Å². The molecule has 0 bridgehead atoms. The third kappa shape index (κ3) is 2.84. The van der Waals surface area contributed by atoms with Crippen LogP contribution < -0.4 is 0 Å². The Morgan fingerprint density at radius 1 is 1.08 bits per heavy atom. The van der Waals surface area contributed by atoms with Crippen molar-refractivity contribution in [1.82, 2.24) is 19.4 Å². The second kappa shape index (κ2) is 6.54. The first-order chi connectivity index (χ1) is 12.8. The lowest BCUT2D eigenvalue weighted by molar-refractivity contribution is -0.138. The number of likely N-dealkylation sites (tertiary alicyclic amines) is 1. The van der Waals surface area contributed by atoms with Crippen LogP contribution in [0.3, 0.4) is 0 Å². The Labute approximate surface area is 154 Å². The van der Waals surface area contributed by atoms with Crippen molar-refractivity contribution in [3.8, 4) is 0 Å². The molecule has 0 N–H and O–H groups in total. The van der Waals surface area contributed by atoms with E-state index in [1.807, 2.05) is 29.4 Å². The number of amides is 1. The van der Waals surface area contributed by atoms with Crippen molar-refractivity contribution in [3.63, 3.8) is 0 Å². The molecule has 26 heavy (non-hydrogen) atoms. The van der Waals surface area contributed by atoms with Crippen molar-refractivity contribution in [3.05, 3.63) is 53.6 Å². The van der Waals surface area contributed by atoms with Crippen LogP contribution in [0.5, 0.6) is 0 Å². The smallest absolute Gasteiger partial charge is 0.244 e. The molecule has 2 fully saturated rings. The molecule has 0 unspecified atom stereocenters. The molecule has 1 aromatic carbocycles. The van der Waals surface area contributed by atoms with E-state index in [-0.39, 0.29) is 11.9 Å². The van der Waals surface area contributed by atoms with Crippen molar-refractivity contribution >= 4 is 5.91 Å². The molecule has 0 spiro atoms. The number of carbonyl (C=O) groups is 1. The van der Waals surface area contributed by atoms with Gasteiger partial charge in [0.25, 0.3) is 0 Å². The molecule has 0 radical (unpaired) electrons. The molecule has 3 aliphatic rings. The second-order valence-corrected chi connectivity index (χ2v) is 7.84. The number of benzene rings is 1. The van der Waals surface area contributed by atoms with Crippen LogP contribution in [0.25, 0.3) is 0 Å². The Morgan fingerprint density at radius 2 is 1.85 bits per heavy atom. The molecule has 1 saturated carbocycles. The Kier molecular flexibility index (Phi) is 4.04. The van der Waals surface area contributed by atoms with Crippen LogP contribution in [0, 0.1) is 0 Å². The average Bonchev–Trinajstić information content (AvgIpc) is 3.21. The van der Waals surface area contributed by atoms with E-state index in [0.717, 1.165) is 37.3 Å². The first-order valence-electron chi connectivity index (χ1n) is 9.93. The summed E-state index contributed by atoms with van der Waals surface area (Å²) in [4.78, 5) is 22.5. The third-order valence-electron chi connectivity index (χ3n) is 6.05. The first kappa shape index (κ1) is 16.1. The fraction of sp³-hybridized carbons (Fsp3) is 0.524. The number of imidazole rings is 1. The van der Waals surface area contributed by atoms with Crippen LogP contribution in [-0.4, -0.2) is 44.9 Å². The summed E-state index contributed by atoms with van der Waals surface area (Å²) < 4.78 is 2.35.